The number of ether oxygens (including phenoxy) is 5. The van der Waals surface area contributed by atoms with Crippen molar-refractivity contribution in [2.45, 2.75) is 42.3 Å². The Balaban J connectivity index is 1.55. The van der Waals surface area contributed by atoms with Crippen molar-refractivity contribution in [3.63, 3.8) is 0 Å². The summed E-state index contributed by atoms with van der Waals surface area (Å²) < 4.78 is 66.4. The van der Waals surface area contributed by atoms with Crippen LogP contribution in [-0.4, -0.2) is 98.0 Å². The summed E-state index contributed by atoms with van der Waals surface area (Å²) in [5.74, 6) is 0.0420. The summed E-state index contributed by atoms with van der Waals surface area (Å²) in [6, 6.07) is 13.5. The van der Waals surface area contributed by atoms with Gasteiger partial charge in [-0.3, -0.25) is 4.57 Å². The molecule has 2 fully saturated rings. The Morgan fingerprint density at radius 1 is 1.16 bits per heavy atom. The van der Waals surface area contributed by atoms with Crippen LogP contribution in [0.25, 0.3) is 0 Å². The lowest BCUT2D eigenvalue weighted by molar-refractivity contribution is -0.0907. The lowest BCUT2D eigenvalue weighted by Gasteiger charge is -2.30. The van der Waals surface area contributed by atoms with Crippen LogP contribution in [-0.2, 0) is 40.0 Å². The van der Waals surface area contributed by atoms with Crippen molar-refractivity contribution in [3.05, 3.63) is 72.5 Å². The van der Waals surface area contributed by atoms with Crippen LogP contribution in [0.5, 0.6) is 5.75 Å². The van der Waals surface area contributed by atoms with Gasteiger partial charge in [-0.1, -0.05) is 36.9 Å². The van der Waals surface area contributed by atoms with Gasteiger partial charge in [0.25, 0.3) is 0 Å². The number of sulfonamides is 1. The third kappa shape index (κ3) is 9.25. The number of carbonyl (C=O) groups excluding carboxylic acids is 1. The first-order valence-corrected chi connectivity index (χ1v) is 17.0. The number of alkyl carbamates (subject to hydrolysis) is 1. The first kappa shape index (κ1) is 33.9. The highest BCUT2D eigenvalue weighted by molar-refractivity contribution is 7.89. The number of nitrogens with one attached hydrogen (secondary N) is 1. The van der Waals surface area contributed by atoms with Crippen LogP contribution < -0.4 is 10.1 Å². The van der Waals surface area contributed by atoms with Crippen molar-refractivity contribution >= 4 is 23.7 Å². The average molecular weight is 657 g/mol. The van der Waals surface area contributed by atoms with E-state index >= 15 is 0 Å². The molecule has 0 radical (unpaired) electrons. The minimum atomic E-state index is -4.58. The zero-order valence-electron chi connectivity index (χ0n) is 24.1. The van der Waals surface area contributed by atoms with E-state index in [1.54, 1.807) is 24.3 Å². The summed E-state index contributed by atoms with van der Waals surface area (Å²) in [4.78, 5) is 31.2. The zero-order chi connectivity index (χ0) is 31.9. The van der Waals surface area contributed by atoms with E-state index in [9.17, 15) is 32.7 Å². The SMILES string of the molecule is C=C(CN(CC(O)C(Cc1ccccc1)NC(=O)OC1COC2OCCC12)S(=O)(=O)c1ccc(OC)cc1)OCP(=O)(O)O. The molecule has 5 unspecified atom stereocenters. The third-order valence-corrected chi connectivity index (χ3v) is 9.48. The first-order valence-electron chi connectivity index (χ1n) is 13.8. The van der Waals surface area contributed by atoms with Crippen molar-refractivity contribution in [3.8, 4) is 5.75 Å². The van der Waals surface area contributed by atoms with Crippen molar-refractivity contribution < 1.29 is 56.4 Å². The molecule has 4 N–H and O–H groups in total. The Morgan fingerprint density at radius 3 is 2.52 bits per heavy atom. The summed E-state index contributed by atoms with van der Waals surface area (Å²) in [6.07, 6.45) is -3.48. The highest BCUT2D eigenvalue weighted by Gasteiger charge is 2.44. The maximum atomic E-state index is 13.7. The van der Waals surface area contributed by atoms with E-state index in [0.717, 1.165) is 9.87 Å². The second-order valence-corrected chi connectivity index (χ2v) is 14.0. The van der Waals surface area contributed by atoms with Gasteiger partial charge in [-0.15, -0.1) is 0 Å². The van der Waals surface area contributed by atoms with E-state index in [1.165, 1.54) is 31.4 Å². The number of methoxy groups -OCH3 is 1. The maximum Gasteiger partial charge on any atom is 0.407 e. The largest absolute Gasteiger partial charge is 0.497 e. The van der Waals surface area contributed by atoms with Crippen LogP contribution in [0.3, 0.4) is 0 Å². The summed E-state index contributed by atoms with van der Waals surface area (Å²) in [6.45, 7) is 3.17. The quantitative estimate of drug-likeness (QED) is 0.161. The van der Waals surface area contributed by atoms with Gasteiger partial charge in [0.1, 0.15) is 17.6 Å². The molecule has 16 heteroatoms. The Hall–Kier alpha value is -3.01. The fourth-order valence-corrected chi connectivity index (χ4v) is 6.71. The van der Waals surface area contributed by atoms with Crippen molar-refractivity contribution in [2.75, 3.05) is 39.8 Å². The van der Waals surface area contributed by atoms with Gasteiger partial charge in [0.2, 0.25) is 10.0 Å². The van der Waals surface area contributed by atoms with E-state index in [-0.39, 0.29) is 29.6 Å². The molecule has 2 aliphatic rings. The van der Waals surface area contributed by atoms with Crippen LogP contribution in [0.15, 0.2) is 71.8 Å². The lowest BCUT2D eigenvalue weighted by Crippen LogP contribution is -2.51. The molecule has 0 aliphatic carbocycles. The van der Waals surface area contributed by atoms with Gasteiger partial charge < -0.3 is 43.9 Å². The maximum absolute atomic E-state index is 13.7. The van der Waals surface area contributed by atoms with Crippen molar-refractivity contribution in [1.29, 1.82) is 0 Å². The molecule has 1 amide bonds. The van der Waals surface area contributed by atoms with Gasteiger partial charge in [0.15, 0.2) is 12.6 Å². The molecule has 0 aromatic heterocycles. The number of nitrogens with zero attached hydrogens (tertiary/aromatic N) is 1. The fourth-order valence-electron chi connectivity index (χ4n) is 4.92. The van der Waals surface area contributed by atoms with Gasteiger partial charge >= 0.3 is 13.7 Å². The Labute approximate surface area is 255 Å². The molecule has 2 heterocycles. The molecular formula is C28H37N2O12PS. The summed E-state index contributed by atoms with van der Waals surface area (Å²) in [7, 11) is -7.48. The molecular weight excluding hydrogens is 619 g/mol. The monoisotopic (exact) mass is 656 g/mol. The molecule has 14 nitrogen and oxygen atoms in total. The highest BCUT2D eigenvalue weighted by atomic mass is 32.2. The number of hydrogen-bond acceptors (Lipinski definition) is 10. The molecule has 0 spiro atoms. The smallest absolute Gasteiger partial charge is 0.407 e. The topological polar surface area (TPSA) is 190 Å². The summed E-state index contributed by atoms with van der Waals surface area (Å²) >= 11 is 0. The van der Waals surface area contributed by atoms with Gasteiger partial charge in [-0.25, -0.2) is 13.2 Å². The van der Waals surface area contributed by atoms with Crippen LogP contribution in [0.2, 0.25) is 0 Å². The van der Waals surface area contributed by atoms with E-state index < -0.39 is 67.7 Å². The number of carbonyl (C=O) groups is 1. The average Bonchev–Trinajstić information content (AvgIpc) is 3.61. The van der Waals surface area contributed by atoms with Gasteiger partial charge in [-0.2, -0.15) is 4.31 Å². The first-order chi connectivity index (χ1) is 20.9. The highest BCUT2D eigenvalue weighted by Crippen LogP contribution is 2.35. The number of benzene rings is 2. The van der Waals surface area contributed by atoms with Crippen molar-refractivity contribution in [2.24, 2.45) is 5.92 Å². The molecule has 2 aliphatic heterocycles. The van der Waals surface area contributed by atoms with E-state index in [2.05, 4.69) is 11.9 Å². The molecule has 242 valence electrons. The molecule has 2 saturated heterocycles. The number of hydrogen-bond donors (Lipinski definition) is 4. The minimum absolute atomic E-state index is 0.109. The standard InChI is InChI=1S/C28H37N2O12PS/c1-19(41-18-43(33,34)35)15-30(44(36,37)22-10-8-21(38-2)9-11-22)16-25(31)24(14-20-6-4-3-5-7-20)29-28(32)42-26-17-40-27-23(26)12-13-39-27/h3-11,23-27,31H,1,12-18H2,2H3,(H,29,32)(H2,33,34,35). The molecule has 2 aromatic rings. The number of rotatable bonds is 15. The van der Waals surface area contributed by atoms with E-state index in [1.807, 2.05) is 6.07 Å². The molecule has 44 heavy (non-hydrogen) atoms. The number of fused-ring (bicyclic) bond motifs is 1. The van der Waals surface area contributed by atoms with Crippen LogP contribution in [0.4, 0.5) is 4.79 Å². The number of amides is 1. The summed E-state index contributed by atoms with van der Waals surface area (Å²) in [5, 5.41) is 14.1. The molecule has 4 rings (SSSR count). The van der Waals surface area contributed by atoms with Crippen LogP contribution in [0, 0.1) is 5.92 Å². The van der Waals surface area contributed by atoms with Gasteiger partial charge in [-0.05, 0) is 42.7 Å². The Bertz CT molecular complexity index is 1420. The molecule has 0 bridgehead atoms. The predicted octanol–water partition coefficient (Wildman–Crippen LogP) is 1.81. The van der Waals surface area contributed by atoms with Crippen LogP contribution >= 0.6 is 7.60 Å². The number of aliphatic hydroxyl groups excluding tert-OH is 1. The predicted molar refractivity (Wildman–Crippen MR) is 156 cm³/mol. The normalized spacial score (nSPS) is 21.3. The third-order valence-electron chi connectivity index (χ3n) is 7.19. The second kappa shape index (κ2) is 14.8. The Kier molecular flexibility index (Phi) is 11.4. The lowest BCUT2D eigenvalue weighted by atomic mass is 10.0. The second-order valence-electron chi connectivity index (χ2n) is 10.4. The van der Waals surface area contributed by atoms with Crippen molar-refractivity contribution in [1.82, 2.24) is 9.62 Å². The fraction of sp³-hybridized carbons (Fsp3) is 0.464. The molecule has 5 atom stereocenters. The molecule has 0 saturated carbocycles. The van der Waals surface area contributed by atoms with E-state index in [0.29, 0.717) is 18.8 Å². The molecule has 2 aromatic carbocycles. The zero-order valence-corrected chi connectivity index (χ0v) is 25.8. The Morgan fingerprint density at radius 2 is 1.86 bits per heavy atom. The number of aliphatic hydroxyl groups is 1. The summed E-state index contributed by atoms with van der Waals surface area (Å²) in [5.41, 5.74) is 0.754. The van der Waals surface area contributed by atoms with Gasteiger partial charge in [0.05, 0.1) is 49.8 Å². The van der Waals surface area contributed by atoms with E-state index in [4.69, 9.17) is 23.7 Å². The van der Waals surface area contributed by atoms with Crippen LogP contribution in [0.1, 0.15) is 12.0 Å². The van der Waals surface area contributed by atoms with Gasteiger partial charge in [0, 0.05) is 6.54 Å². The minimum Gasteiger partial charge on any atom is -0.497 e.